The van der Waals surface area contributed by atoms with Crippen molar-refractivity contribution in [3.8, 4) is 11.3 Å². The summed E-state index contributed by atoms with van der Waals surface area (Å²) < 4.78 is 10.8. The number of rotatable bonds is 4. The van der Waals surface area contributed by atoms with Crippen molar-refractivity contribution in [1.82, 2.24) is 9.88 Å². The van der Waals surface area contributed by atoms with E-state index in [4.69, 9.17) is 14.3 Å². The molecule has 0 spiro atoms. The number of carbonyl (C=O) groups excluding carboxylic acids is 1. The van der Waals surface area contributed by atoms with E-state index in [0.29, 0.717) is 18.9 Å². The Morgan fingerprint density at radius 3 is 2.79 bits per heavy atom. The minimum Gasteiger partial charge on any atom is -0.481 e. The number of benzene rings is 1. The maximum atomic E-state index is 12.8. The molecule has 1 fully saturated rings. The summed E-state index contributed by atoms with van der Waals surface area (Å²) >= 11 is 0. The molecule has 1 unspecified atom stereocenters. The van der Waals surface area contributed by atoms with E-state index in [0.717, 1.165) is 11.1 Å². The lowest BCUT2D eigenvalue weighted by Crippen LogP contribution is -2.46. The van der Waals surface area contributed by atoms with Gasteiger partial charge in [-0.15, -0.1) is 0 Å². The first-order valence-corrected chi connectivity index (χ1v) is 7.68. The van der Waals surface area contributed by atoms with Gasteiger partial charge in [0.1, 0.15) is 0 Å². The zero-order valence-electron chi connectivity index (χ0n) is 13.3. The number of carboxylic acids is 1. The summed E-state index contributed by atoms with van der Waals surface area (Å²) in [5.41, 5.74) is 2.11. The van der Waals surface area contributed by atoms with Crippen LogP contribution in [0.5, 0.6) is 0 Å². The number of nitrogens with zero attached hydrogens (tertiary/aromatic N) is 2. The molecule has 1 aliphatic rings. The summed E-state index contributed by atoms with van der Waals surface area (Å²) in [4.78, 5) is 29.2. The lowest BCUT2D eigenvalue weighted by molar-refractivity contribution is -0.141. The number of carbonyl (C=O) groups is 2. The highest BCUT2D eigenvalue weighted by Gasteiger charge is 2.29. The third-order valence-electron chi connectivity index (χ3n) is 3.91. The zero-order valence-corrected chi connectivity index (χ0v) is 13.3. The van der Waals surface area contributed by atoms with Gasteiger partial charge in [-0.2, -0.15) is 0 Å². The van der Waals surface area contributed by atoms with Gasteiger partial charge in [0.05, 0.1) is 19.1 Å². The Labute approximate surface area is 138 Å². The van der Waals surface area contributed by atoms with Crippen molar-refractivity contribution in [3.63, 3.8) is 0 Å². The molecule has 1 saturated heterocycles. The first-order chi connectivity index (χ1) is 11.5. The number of oxazole rings is 1. The number of aliphatic carboxylic acids is 1. The second-order valence-corrected chi connectivity index (χ2v) is 5.74. The van der Waals surface area contributed by atoms with Crippen molar-refractivity contribution < 1.29 is 23.8 Å². The Balaban J connectivity index is 1.79. The average Bonchev–Trinajstić information content (AvgIpc) is 3.04. The van der Waals surface area contributed by atoms with Crippen LogP contribution in [0.4, 0.5) is 0 Å². The number of morpholine rings is 1. The molecule has 1 aromatic carbocycles. The van der Waals surface area contributed by atoms with Gasteiger partial charge in [0.2, 0.25) is 0 Å². The van der Waals surface area contributed by atoms with Gasteiger partial charge in [0, 0.05) is 18.7 Å². The van der Waals surface area contributed by atoms with Crippen LogP contribution in [0.15, 0.2) is 35.1 Å². The lowest BCUT2D eigenvalue weighted by atomic mass is 10.1. The van der Waals surface area contributed by atoms with Crippen LogP contribution in [-0.2, 0) is 9.53 Å². The van der Waals surface area contributed by atoms with Crippen molar-refractivity contribution in [3.05, 3.63) is 41.9 Å². The second kappa shape index (κ2) is 6.84. The van der Waals surface area contributed by atoms with Gasteiger partial charge in [-0.05, 0) is 6.92 Å². The van der Waals surface area contributed by atoms with E-state index < -0.39 is 12.1 Å². The Morgan fingerprint density at radius 2 is 2.08 bits per heavy atom. The highest BCUT2D eigenvalue weighted by atomic mass is 16.5. The first kappa shape index (κ1) is 16.2. The molecular formula is C17H18N2O5. The fraction of sp³-hybridized carbons (Fsp3) is 0.353. The van der Waals surface area contributed by atoms with Gasteiger partial charge in [-0.25, -0.2) is 4.98 Å². The van der Waals surface area contributed by atoms with Gasteiger partial charge in [0.15, 0.2) is 17.8 Å². The topological polar surface area (TPSA) is 92.9 Å². The van der Waals surface area contributed by atoms with Gasteiger partial charge >= 0.3 is 5.97 Å². The molecule has 7 nitrogen and oxygen atoms in total. The number of amides is 1. The molecule has 0 bridgehead atoms. The van der Waals surface area contributed by atoms with Crippen molar-refractivity contribution in [2.24, 2.45) is 0 Å². The molecule has 1 amide bonds. The Kier molecular flexibility index (Phi) is 4.61. The molecule has 1 aliphatic heterocycles. The third kappa shape index (κ3) is 3.46. The molecular weight excluding hydrogens is 312 g/mol. The minimum atomic E-state index is -0.948. The molecule has 0 radical (unpaired) electrons. The predicted octanol–water partition coefficient (Wildman–Crippen LogP) is 1.97. The summed E-state index contributed by atoms with van der Waals surface area (Å²) in [6, 6.07) is 7.62. The maximum Gasteiger partial charge on any atom is 0.306 e. The molecule has 24 heavy (non-hydrogen) atoms. The number of hydrogen-bond donors (Lipinski definition) is 1. The number of hydrogen-bond acceptors (Lipinski definition) is 5. The highest BCUT2D eigenvalue weighted by Crippen LogP contribution is 2.25. The van der Waals surface area contributed by atoms with E-state index in [9.17, 15) is 9.59 Å². The molecule has 2 aromatic rings. The largest absolute Gasteiger partial charge is 0.481 e. The predicted molar refractivity (Wildman–Crippen MR) is 84.6 cm³/mol. The summed E-state index contributed by atoms with van der Waals surface area (Å²) in [7, 11) is 0. The number of aryl methyl sites for hydroxylation is 1. The lowest BCUT2D eigenvalue weighted by Gasteiger charge is -2.31. The van der Waals surface area contributed by atoms with Gasteiger partial charge in [-0.3, -0.25) is 9.59 Å². The number of aromatic nitrogens is 1. The molecule has 126 valence electrons. The van der Waals surface area contributed by atoms with E-state index in [1.807, 2.05) is 31.2 Å². The van der Waals surface area contributed by atoms with Crippen LogP contribution in [0.1, 0.15) is 22.5 Å². The zero-order chi connectivity index (χ0) is 17.1. The van der Waals surface area contributed by atoms with Crippen LogP contribution in [0, 0.1) is 6.92 Å². The maximum absolute atomic E-state index is 12.8. The van der Waals surface area contributed by atoms with E-state index in [1.54, 1.807) is 4.90 Å². The molecule has 1 atom stereocenters. The Bertz CT molecular complexity index is 738. The third-order valence-corrected chi connectivity index (χ3v) is 3.91. The van der Waals surface area contributed by atoms with Crippen molar-refractivity contribution in [2.75, 3.05) is 19.7 Å². The van der Waals surface area contributed by atoms with Crippen molar-refractivity contribution in [1.29, 1.82) is 0 Å². The van der Waals surface area contributed by atoms with E-state index in [2.05, 4.69) is 4.98 Å². The number of ether oxygens (including phenoxy) is 1. The summed E-state index contributed by atoms with van der Waals surface area (Å²) in [6.07, 6.45) is 0.611. The SMILES string of the molecule is Cc1ccc(-c2ocnc2C(=O)N2CCOC(CC(=O)O)C2)cc1. The van der Waals surface area contributed by atoms with Crippen LogP contribution < -0.4 is 0 Å². The van der Waals surface area contributed by atoms with Crippen LogP contribution >= 0.6 is 0 Å². The van der Waals surface area contributed by atoms with Crippen LogP contribution in [-0.4, -0.2) is 52.7 Å². The minimum absolute atomic E-state index is 0.132. The normalized spacial score (nSPS) is 17.7. The molecule has 1 aromatic heterocycles. The van der Waals surface area contributed by atoms with Gasteiger partial charge in [-0.1, -0.05) is 29.8 Å². The van der Waals surface area contributed by atoms with Crippen LogP contribution in [0.2, 0.25) is 0 Å². The summed E-state index contributed by atoms with van der Waals surface area (Å²) in [6.45, 7) is 2.91. The van der Waals surface area contributed by atoms with E-state index >= 15 is 0 Å². The molecule has 0 saturated carbocycles. The quantitative estimate of drug-likeness (QED) is 0.921. The Hall–Kier alpha value is -2.67. The molecule has 3 rings (SSSR count). The highest BCUT2D eigenvalue weighted by molar-refractivity contribution is 5.97. The fourth-order valence-corrected chi connectivity index (χ4v) is 2.68. The monoisotopic (exact) mass is 330 g/mol. The number of carboxylic acid groups (broad SMARTS) is 1. The van der Waals surface area contributed by atoms with Gasteiger partial charge in [0.25, 0.3) is 5.91 Å². The molecule has 7 heteroatoms. The molecule has 2 heterocycles. The fourth-order valence-electron chi connectivity index (χ4n) is 2.68. The smallest absolute Gasteiger partial charge is 0.306 e. The van der Waals surface area contributed by atoms with E-state index in [-0.39, 0.29) is 24.6 Å². The summed E-state index contributed by atoms with van der Waals surface area (Å²) in [5.74, 6) is -0.810. The summed E-state index contributed by atoms with van der Waals surface area (Å²) in [5, 5.41) is 8.88. The van der Waals surface area contributed by atoms with Crippen molar-refractivity contribution >= 4 is 11.9 Å². The van der Waals surface area contributed by atoms with Gasteiger partial charge < -0.3 is 19.2 Å². The van der Waals surface area contributed by atoms with Crippen LogP contribution in [0.3, 0.4) is 0 Å². The first-order valence-electron chi connectivity index (χ1n) is 7.68. The average molecular weight is 330 g/mol. The second-order valence-electron chi connectivity index (χ2n) is 5.74. The van der Waals surface area contributed by atoms with E-state index in [1.165, 1.54) is 6.39 Å². The molecule has 0 aliphatic carbocycles. The Morgan fingerprint density at radius 1 is 1.33 bits per heavy atom. The standard InChI is InChI=1S/C17H18N2O5/c1-11-2-4-12(5-3-11)16-15(18-10-24-16)17(22)19-6-7-23-13(9-19)8-14(20)21/h2-5,10,13H,6-9H2,1H3,(H,20,21). The van der Waals surface area contributed by atoms with Crippen molar-refractivity contribution in [2.45, 2.75) is 19.4 Å². The van der Waals surface area contributed by atoms with Crippen LogP contribution in [0.25, 0.3) is 11.3 Å². The molecule has 1 N–H and O–H groups in total.